The van der Waals surface area contributed by atoms with Gasteiger partial charge in [-0.15, -0.1) is 0 Å². The van der Waals surface area contributed by atoms with Crippen molar-refractivity contribution in [2.75, 3.05) is 11.5 Å². The van der Waals surface area contributed by atoms with Crippen LogP contribution in [0.2, 0.25) is 0 Å². The number of rotatable bonds is 10. The first-order valence-corrected chi connectivity index (χ1v) is 15.6. The van der Waals surface area contributed by atoms with Crippen LogP contribution in [0.3, 0.4) is 0 Å². The van der Waals surface area contributed by atoms with E-state index in [1.807, 2.05) is 0 Å². The van der Waals surface area contributed by atoms with Gasteiger partial charge < -0.3 is 31.9 Å². The fourth-order valence-corrected chi connectivity index (χ4v) is 6.37. The molecule has 0 aromatic heterocycles. The summed E-state index contributed by atoms with van der Waals surface area (Å²) in [5.74, 6) is -4.79. The Labute approximate surface area is 291 Å². The van der Waals surface area contributed by atoms with Crippen molar-refractivity contribution in [2.45, 2.75) is 6.42 Å². The number of hydrogen-bond donors (Lipinski definition) is 6. The second-order valence-electron chi connectivity index (χ2n) is 11.8. The molecule has 0 aliphatic carbocycles. The molecule has 10 heteroatoms. The zero-order valence-corrected chi connectivity index (χ0v) is 26.8. The summed E-state index contributed by atoms with van der Waals surface area (Å²) in [6, 6.07) is 32.7. The van der Waals surface area contributed by atoms with Gasteiger partial charge in [0.05, 0.1) is 22.3 Å². The van der Waals surface area contributed by atoms with E-state index in [4.69, 9.17) is 11.5 Å². The van der Waals surface area contributed by atoms with E-state index in [9.17, 15) is 39.6 Å². The summed E-state index contributed by atoms with van der Waals surface area (Å²) in [5, 5.41) is 40.1. The van der Waals surface area contributed by atoms with E-state index in [1.54, 1.807) is 97.1 Å². The number of nitrogens with two attached hydrogens (primary N) is 2. The molecular formula is C41H30N2O8. The van der Waals surface area contributed by atoms with E-state index in [0.717, 1.165) is 0 Å². The number of carbonyl (C=O) groups is 4. The summed E-state index contributed by atoms with van der Waals surface area (Å²) >= 11 is 0. The Kier molecular flexibility index (Phi) is 9.07. The highest BCUT2D eigenvalue weighted by molar-refractivity contribution is 6.05. The lowest BCUT2D eigenvalue weighted by Gasteiger charge is -2.18. The first-order chi connectivity index (χ1) is 24.5. The molecule has 0 unspecified atom stereocenters. The molecule has 6 rings (SSSR count). The normalized spacial score (nSPS) is 10.8. The van der Waals surface area contributed by atoms with Crippen molar-refractivity contribution in [3.8, 4) is 44.5 Å². The molecule has 0 aliphatic heterocycles. The molecule has 252 valence electrons. The summed E-state index contributed by atoms with van der Waals surface area (Å²) in [4.78, 5) is 49.1. The molecule has 0 saturated heterocycles. The number of benzene rings is 6. The van der Waals surface area contributed by atoms with Crippen molar-refractivity contribution in [3.63, 3.8) is 0 Å². The maximum atomic E-state index is 12.4. The quantitative estimate of drug-likeness (QED) is 0.0773. The molecule has 0 aliphatic rings. The Morgan fingerprint density at radius 2 is 0.745 bits per heavy atom. The molecular weight excluding hydrogens is 648 g/mol. The van der Waals surface area contributed by atoms with Crippen molar-refractivity contribution >= 4 is 35.3 Å². The van der Waals surface area contributed by atoms with Crippen LogP contribution in [0.1, 0.15) is 52.6 Å². The van der Waals surface area contributed by atoms with Gasteiger partial charge in [0.2, 0.25) is 0 Å². The first-order valence-electron chi connectivity index (χ1n) is 15.6. The fourth-order valence-electron chi connectivity index (χ4n) is 6.37. The average molecular weight is 679 g/mol. The Morgan fingerprint density at radius 1 is 0.412 bits per heavy atom. The third-order valence-electron chi connectivity index (χ3n) is 8.75. The Morgan fingerprint density at radius 3 is 1.08 bits per heavy atom. The molecule has 6 aromatic rings. The van der Waals surface area contributed by atoms with Gasteiger partial charge in [0.25, 0.3) is 0 Å². The zero-order chi connectivity index (χ0) is 36.4. The van der Waals surface area contributed by atoms with Gasteiger partial charge in [-0.3, -0.25) is 0 Å². The van der Waals surface area contributed by atoms with E-state index in [0.29, 0.717) is 44.5 Å². The van der Waals surface area contributed by atoms with Crippen LogP contribution in [-0.2, 0) is 6.42 Å². The van der Waals surface area contributed by atoms with E-state index in [-0.39, 0.29) is 51.2 Å². The van der Waals surface area contributed by atoms with E-state index in [2.05, 4.69) is 0 Å². The Bertz CT molecular complexity index is 2200. The zero-order valence-electron chi connectivity index (χ0n) is 26.8. The number of carboxylic acid groups (broad SMARTS) is 4. The highest BCUT2D eigenvalue weighted by Gasteiger charge is 2.23. The highest BCUT2D eigenvalue weighted by atomic mass is 16.4. The molecule has 6 aromatic carbocycles. The first kappa shape index (κ1) is 33.7. The summed E-state index contributed by atoms with van der Waals surface area (Å²) in [5.41, 5.74) is 17.7. The molecule has 0 amide bonds. The summed E-state index contributed by atoms with van der Waals surface area (Å²) in [6.45, 7) is 0. The van der Waals surface area contributed by atoms with Crippen LogP contribution < -0.4 is 11.5 Å². The Hall–Kier alpha value is -7.20. The predicted molar refractivity (Wildman–Crippen MR) is 194 cm³/mol. The SMILES string of the molecule is Nc1c(-c2ccc(C(=O)O)c(Cc3cc(-c4ccc(C(=O)O)c(-c5ccccc5)c4N)ccc3C(=O)O)c2)ccc(C(=O)O)c1-c1ccccc1. The lowest BCUT2D eigenvalue weighted by atomic mass is 9.88. The van der Waals surface area contributed by atoms with Crippen LogP contribution in [0.4, 0.5) is 11.4 Å². The molecule has 0 heterocycles. The molecule has 0 saturated carbocycles. The standard InChI is InChI=1S/C41H30N2O8/c42-36-28(15-17-32(40(48)49)34(36)22-7-3-1-4-8-22)24-11-13-30(38(44)45)26(19-24)21-27-20-25(12-14-31(27)39(46)47)29-16-18-33(41(50)51)35(37(29)43)23-9-5-2-6-10-23/h1-20H,21,42-43H2,(H,44,45)(H,46,47)(H,48,49)(H,50,51). The van der Waals surface area contributed by atoms with E-state index >= 15 is 0 Å². The molecule has 0 spiro atoms. The van der Waals surface area contributed by atoms with Crippen molar-refractivity contribution in [1.29, 1.82) is 0 Å². The minimum absolute atomic E-state index is 0.00109. The van der Waals surface area contributed by atoms with Crippen LogP contribution >= 0.6 is 0 Å². The summed E-state index contributed by atoms with van der Waals surface area (Å²) in [6.07, 6.45) is -0.123. The van der Waals surface area contributed by atoms with Gasteiger partial charge in [0, 0.05) is 33.6 Å². The number of hydrogen-bond acceptors (Lipinski definition) is 6. The second-order valence-corrected chi connectivity index (χ2v) is 11.8. The molecule has 0 fully saturated rings. The van der Waals surface area contributed by atoms with Crippen LogP contribution in [0.5, 0.6) is 0 Å². The third-order valence-corrected chi connectivity index (χ3v) is 8.75. The molecule has 0 bridgehead atoms. The molecule has 10 nitrogen and oxygen atoms in total. The van der Waals surface area contributed by atoms with Gasteiger partial charge in [0.1, 0.15) is 0 Å². The van der Waals surface area contributed by atoms with Gasteiger partial charge in [-0.2, -0.15) is 0 Å². The monoisotopic (exact) mass is 678 g/mol. The van der Waals surface area contributed by atoms with E-state index < -0.39 is 23.9 Å². The number of carboxylic acids is 4. The largest absolute Gasteiger partial charge is 0.478 e. The lowest BCUT2D eigenvalue weighted by molar-refractivity contribution is 0.0685. The average Bonchev–Trinajstić information content (AvgIpc) is 3.11. The topological polar surface area (TPSA) is 201 Å². The number of anilines is 2. The van der Waals surface area contributed by atoms with Gasteiger partial charge in [0.15, 0.2) is 0 Å². The molecule has 51 heavy (non-hydrogen) atoms. The van der Waals surface area contributed by atoms with Crippen LogP contribution in [0.15, 0.2) is 121 Å². The van der Waals surface area contributed by atoms with Gasteiger partial charge in [-0.1, -0.05) is 84.9 Å². The summed E-state index contributed by atoms with van der Waals surface area (Å²) in [7, 11) is 0. The molecule has 0 atom stereocenters. The number of nitrogen functional groups attached to an aromatic ring is 2. The van der Waals surface area contributed by atoms with Crippen molar-refractivity contribution in [3.05, 3.63) is 155 Å². The van der Waals surface area contributed by atoms with Crippen LogP contribution in [-0.4, -0.2) is 44.3 Å². The minimum Gasteiger partial charge on any atom is -0.478 e. The lowest BCUT2D eigenvalue weighted by Crippen LogP contribution is -2.09. The molecule has 0 radical (unpaired) electrons. The van der Waals surface area contributed by atoms with Crippen LogP contribution in [0, 0.1) is 0 Å². The highest BCUT2D eigenvalue weighted by Crippen LogP contribution is 2.40. The Balaban J connectivity index is 1.49. The smallest absolute Gasteiger partial charge is 0.336 e. The predicted octanol–water partition coefficient (Wildman–Crippen LogP) is 7.90. The van der Waals surface area contributed by atoms with Crippen molar-refractivity contribution in [1.82, 2.24) is 0 Å². The fraction of sp³-hybridized carbons (Fsp3) is 0.0244. The second kappa shape index (κ2) is 13.7. The number of aromatic carboxylic acids is 4. The van der Waals surface area contributed by atoms with Crippen molar-refractivity contribution < 1.29 is 39.6 Å². The molecule has 8 N–H and O–H groups in total. The maximum Gasteiger partial charge on any atom is 0.336 e. The van der Waals surface area contributed by atoms with Crippen molar-refractivity contribution in [2.24, 2.45) is 0 Å². The van der Waals surface area contributed by atoms with Gasteiger partial charge in [-0.25, -0.2) is 19.2 Å². The van der Waals surface area contributed by atoms with Gasteiger partial charge >= 0.3 is 23.9 Å². The minimum atomic E-state index is -1.23. The van der Waals surface area contributed by atoms with Crippen LogP contribution in [0.25, 0.3) is 44.5 Å². The maximum absolute atomic E-state index is 12.4. The summed E-state index contributed by atoms with van der Waals surface area (Å²) < 4.78 is 0. The van der Waals surface area contributed by atoms with Gasteiger partial charge in [-0.05, 0) is 76.2 Å². The van der Waals surface area contributed by atoms with E-state index in [1.165, 1.54) is 24.3 Å². The third kappa shape index (κ3) is 6.49.